The fourth-order valence-corrected chi connectivity index (χ4v) is 9.15. The number of imide groups is 1. The summed E-state index contributed by atoms with van der Waals surface area (Å²) in [5.74, 6) is -0.0560. The first-order valence-corrected chi connectivity index (χ1v) is 16.4. The first kappa shape index (κ1) is 31.4. The first-order valence-electron chi connectivity index (χ1n) is 16.0. The standard InChI is InChI=1S/C36H33ClN4O8/c1-15-28(37)20-10-22-24(12-38)41-23(29(39(22)4)27(20)30(43)32(15)46-5)11-21-26(34-33(47-14-48-34)16(2)31(21)49-17(3)42)25(41)13-40-35(44)18-8-6-7-9-19(18)36(40)45/h6-9,22-25,29,43H,10-11,13-14H2,1-5H3/t22-,23?,24?,25-,29-/m0/s1. The number of nitrogens with zero attached hydrogens (tertiary/aromatic N) is 4. The van der Waals surface area contributed by atoms with Crippen LogP contribution in [0.25, 0.3) is 0 Å². The zero-order valence-electron chi connectivity index (χ0n) is 27.5. The van der Waals surface area contributed by atoms with Gasteiger partial charge in [-0.3, -0.25) is 29.1 Å². The number of hydrogen-bond acceptors (Lipinski definition) is 11. The van der Waals surface area contributed by atoms with E-state index in [0.717, 1.165) is 5.56 Å². The fraction of sp³-hybridized carbons (Fsp3) is 0.389. The third-order valence-corrected chi connectivity index (χ3v) is 11.4. The molecule has 5 atom stereocenters. The van der Waals surface area contributed by atoms with Crippen LogP contribution < -0.4 is 18.9 Å². The maximum absolute atomic E-state index is 13.8. The van der Waals surface area contributed by atoms with Crippen LogP contribution in [0.15, 0.2) is 24.3 Å². The maximum atomic E-state index is 13.8. The predicted octanol–water partition coefficient (Wildman–Crippen LogP) is 4.39. The van der Waals surface area contributed by atoms with Gasteiger partial charge in [0.05, 0.1) is 41.4 Å². The summed E-state index contributed by atoms with van der Waals surface area (Å²) in [6.07, 6.45) is 0.624. The largest absolute Gasteiger partial charge is 0.504 e. The summed E-state index contributed by atoms with van der Waals surface area (Å²) in [4.78, 5) is 45.6. The number of likely N-dealkylation sites (N-methyl/N-ethyl adjacent to an activating group) is 1. The average Bonchev–Trinajstić information content (AvgIpc) is 3.66. The van der Waals surface area contributed by atoms with Crippen molar-refractivity contribution in [3.63, 3.8) is 0 Å². The van der Waals surface area contributed by atoms with Gasteiger partial charge < -0.3 is 24.1 Å². The van der Waals surface area contributed by atoms with Crippen LogP contribution in [0.1, 0.15) is 73.1 Å². The SMILES string of the molecule is COc1c(C)c(Cl)c2c(c1O)[C@@H]1C3Cc4c(OC(C)=O)c(C)c5c(c4[C@H](CN4C(=O)c6ccccc6C4=O)N3C(C#N)[C@H](C2)N1C)OCO5. The number of benzene rings is 3. The number of nitriles is 1. The molecule has 1 fully saturated rings. The van der Waals surface area contributed by atoms with E-state index in [2.05, 4.69) is 15.9 Å². The predicted molar refractivity (Wildman–Crippen MR) is 174 cm³/mol. The van der Waals surface area contributed by atoms with Gasteiger partial charge in [-0.05, 0) is 51.4 Å². The molecule has 1 N–H and O–H groups in total. The molecule has 8 rings (SSSR count). The van der Waals surface area contributed by atoms with Gasteiger partial charge >= 0.3 is 5.97 Å². The molecule has 2 unspecified atom stereocenters. The molecule has 252 valence electrons. The molecule has 5 heterocycles. The highest BCUT2D eigenvalue weighted by molar-refractivity contribution is 6.32. The van der Waals surface area contributed by atoms with Crippen molar-refractivity contribution in [3.8, 4) is 34.8 Å². The number of hydrogen-bond donors (Lipinski definition) is 1. The molecule has 3 aromatic carbocycles. The van der Waals surface area contributed by atoms with Gasteiger partial charge in [0.1, 0.15) is 11.8 Å². The maximum Gasteiger partial charge on any atom is 0.308 e. The number of methoxy groups -OCH3 is 1. The first-order chi connectivity index (χ1) is 23.5. The van der Waals surface area contributed by atoms with Crippen molar-refractivity contribution in [2.75, 3.05) is 27.5 Å². The second kappa shape index (κ2) is 11.1. The molecule has 0 aliphatic carbocycles. The summed E-state index contributed by atoms with van der Waals surface area (Å²) in [6.45, 7) is 4.69. The molecular formula is C36H33ClN4O8. The van der Waals surface area contributed by atoms with Gasteiger partial charge in [0.15, 0.2) is 23.0 Å². The van der Waals surface area contributed by atoms with E-state index < -0.39 is 42.0 Å². The van der Waals surface area contributed by atoms with Crippen LogP contribution in [0.3, 0.4) is 0 Å². The summed E-state index contributed by atoms with van der Waals surface area (Å²) < 4.78 is 23.5. The Morgan fingerprint density at radius 1 is 1.02 bits per heavy atom. The van der Waals surface area contributed by atoms with E-state index >= 15 is 0 Å². The van der Waals surface area contributed by atoms with Crippen LogP contribution in [0, 0.1) is 25.2 Å². The van der Waals surface area contributed by atoms with Crippen LogP contribution in [0.5, 0.6) is 28.7 Å². The molecule has 49 heavy (non-hydrogen) atoms. The van der Waals surface area contributed by atoms with Crippen molar-refractivity contribution in [1.29, 1.82) is 5.26 Å². The number of carbonyl (C=O) groups excluding carboxylic acids is 3. The molecule has 0 saturated carbocycles. The molecule has 0 radical (unpaired) electrons. The second-order valence-corrected chi connectivity index (χ2v) is 13.6. The topological polar surface area (TPSA) is 142 Å². The van der Waals surface area contributed by atoms with Gasteiger partial charge in [-0.25, -0.2) is 0 Å². The van der Waals surface area contributed by atoms with Crippen molar-refractivity contribution in [1.82, 2.24) is 14.7 Å². The van der Waals surface area contributed by atoms with E-state index in [4.69, 9.17) is 30.5 Å². The highest BCUT2D eigenvalue weighted by atomic mass is 35.5. The Balaban J connectivity index is 1.39. The zero-order chi connectivity index (χ0) is 34.6. The lowest BCUT2D eigenvalue weighted by atomic mass is 9.71. The van der Waals surface area contributed by atoms with Crippen LogP contribution >= 0.6 is 11.6 Å². The van der Waals surface area contributed by atoms with E-state index in [1.54, 1.807) is 38.1 Å². The van der Waals surface area contributed by atoms with Crippen molar-refractivity contribution in [3.05, 3.63) is 73.8 Å². The minimum atomic E-state index is -0.781. The highest BCUT2D eigenvalue weighted by Gasteiger charge is 2.58. The number of carbonyl (C=O) groups is 3. The van der Waals surface area contributed by atoms with E-state index in [1.807, 2.05) is 7.05 Å². The van der Waals surface area contributed by atoms with Crippen molar-refractivity contribution < 1.29 is 38.4 Å². The lowest BCUT2D eigenvalue weighted by Gasteiger charge is -2.60. The molecule has 2 bridgehead atoms. The third kappa shape index (κ3) is 4.19. The molecule has 1 saturated heterocycles. The van der Waals surface area contributed by atoms with Crippen molar-refractivity contribution in [2.45, 2.75) is 63.8 Å². The monoisotopic (exact) mass is 684 g/mol. The minimum absolute atomic E-state index is 0.0326. The van der Waals surface area contributed by atoms with Crippen LogP contribution in [-0.2, 0) is 17.6 Å². The number of halogens is 1. The molecule has 0 spiro atoms. The molecule has 0 aromatic heterocycles. The molecule has 5 aliphatic heterocycles. The van der Waals surface area contributed by atoms with Gasteiger partial charge in [0.2, 0.25) is 6.79 Å². The molecule has 12 nitrogen and oxygen atoms in total. The van der Waals surface area contributed by atoms with Crippen LogP contribution in [0.4, 0.5) is 0 Å². The number of amides is 2. The summed E-state index contributed by atoms with van der Waals surface area (Å²) in [7, 11) is 3.40. The average molecular weight is 685 g/mol. The molecule has 2 amide bonds. The Morgan fingerprint density at radius 2 is 1.67 bits per heavy atom. The van der Waals surface area contributed by atoms with E-state index in [0.29, 0.717) is 67.6 Å². The smallest absolute Gasteiger partial charge is 0.308 e. The van der Waals surface area contributed by atoms with Gasteiger partial charge in [-0.15, -0.1) is 0 Å². The summed E-state index contributed by atoms with van der Waals surface area (Å²) in [6, 6.07) is 6.28. The van der Waals surface area contributed by atoms with Gasteiger partial charge in [0, 0.05) is 53.4 Å². The quantitative estimate of drug-likeness (QED) is 0.238. The van der Waals surface area contributed by atoms with E-state index in [9.17, 15) is 24.8 Å². The number of phenolic OH excluding ortho intramolecular Hbond substituents is 1. The van der Waals surface area contributed by atoms with Crippen LogP contribution in [0.2, 0.25) is 5.02 Å². The summed E-state index contributed by atoms with van der Waals surface area (Å²) in [5.41, 5.74) is 4.35. The molecule has 3 aromatic rings. The molecule has 5 aliphatic rings. The normalized spacial score (nSPS) is 24.9. The Kier molecular flexibility index (Phi) is 7.12. The van der Waals surface area contributed by atoms with Crippen LogP contribution in [-0.4, -0.2) is 83.2 Å². The number of rotatable bonds is 4. The Bertz CT molecular complexity index is 2020. The minimum Gasteiger partial charge on any atom is -0.504 e. The molecule has 13 heteroatoms. The lowest BCUT2D eigenvalue weighted by Crippen LogP contribution is -2.69. The highest BCUT2D eigenvalue weighted by Crippen LogP contribution is 2.59. The van der Waals surface area contributed by atoms with Gasteiger partial charge in [-0.1, -0.05) is 23.7 Å². The number of esters is 1. The zero-order valence-corrected chi connectivity index (χ0v) is 28.3. The number of piperazine rings is 1. The summed E-state index contributed by atoms with van der Waals surface area (Å²) >= 11 is 6.98. The summed E-state index contributed by atoms with van der Waals surface area (Å²) in [5, 5.41) is 23.2. The van der Waals surface area contributed by atoms with Crippen molar-refractivity contribution >= 4 is 29.4 Å². The lowest BCUT2D eigenvalue weighted by molar-refractivity contribution is -0.132. The number of ether oxygens (including phenoxy) is 4. The number of fused-ring (bicyclic) bond motifs is 10. The Hall–Kier alpha value is -4.83. The van der Waals surface area contributed by atoms with Gasteiger partial charge in [-0.2, -0.15) is 5.26 Å². The molecular weight excluding hydrogens is 652 g/mol. The fourth-order valence-electron chi connectivity index (χ4n) is 8.88. The van der Waals surface area contributed by atoms with E-state index in [1.165, 1.54) is 18.9 Å². The van der Waals surface area contributed by atoms with E-state index in [-0.39, 0.29) is 37.3 Å². The number of phenols is 1. The van der Waals surface area contributed by atoms with Crippen molar-refractivity contribution in [2.24, 2.45) is 0 Å². The Morgan fingerprint density at radius 3 is 2.31 bits per heavy atom. The third-order valence-electron chi connectivity index (χ3n) is 10.9. The Labute approximate surface area is 287 Å². The van der Waals surface area contributed by atoms with Gasteiger partial charge in [0.25, 0.3) is 11.8 Å². The number of aromatic hydroxyl groups is 1. The second-order valence-electron chi connectivity index (χ2n) is 13.2.